The maximum absolute atomic E-state index is 13.7. The minimum Gasteiger partial charge on any atom is -0.466 e. The zero-order valence-corrected chi connectivity index (χ0v) is 20.1. The van der Waals surface area contributed by atoms with Crippen LogP contribution in [0.2, 0.25) is 5.02 Å². The molecule has 4 rings (SSSR count). The second kappa shape index (κ2) is 8.93. The molecule has 3 saturated heterocycles. The van der Waals surface area contributed by atoms with Gasteiger partial charge in [0.2, 0.25) is 11.8 Å². The van der Waals surface area contributed by atoms with Gasteiger partial charge in [0, 0.05) is 4.83 Å². The maximum Gasteiger partial charge on any atom is 0.312 e. The van der Waals surface area contributed by atoms with Crippen LogP contribution in [0, 0.1) is 11.8 Å². The van der Waals surface area contributed by atoms with E-state index in [4.69, 9.17) is 21.1 Å². The Hall–Kier alpha value is -1.68. The Morgan fingerprint density at radius 2 is 2.12 bits per heavy atom. The molecule has 0 radical (unpaired) electrons. The van der Waals surface area contributed by atoms with Crippen LogP contribution < -0.4 is 5.32 Å². The molecule has 2 amide bonds. The number of nitrogens with zero attached hydrogens (tertiary/aromatic N) is 1. The number of amides is 2. The van der Waals surface area contributed by atoms with Gasteiger partial charge in [0.25, 0.3) is 0 Å². The summed E-state index contributed by atoms with van der Waals surface area (Å²) in [6, 6.07) is 5.19. The summed E-state index contributed by atoms with van der Waals surface area (Å²) < 4.78 is 11.6. The first-order chi connectivity index (χ1) is 15.3. The van der Waals surface area contributed by atoms with Crippen molar-refractivity contribution in [3.63, 3.8) is 0 Å². The van der Waals surface area contributed by atoms with Gasteiger partial charge in [-0.15, -0.1) is 0 Å². The Morgan fingerprint density at radius 3 is 2.75 bits per heavy atom. The summed E-state index contributed by atoms with van der Waals surface area (Å²) in [4.78, 5) is 41.4. The van der Waals surface area contributed by atoms with Gasteiger partial charge in [-0.05, 0) is 31.9 Å². The summed E-state index contributed by atoms with van der Waals surface area (Å²) in [5, 5.41) is 13.2. The number of alkyl halides is 1. The summed E-state index contributed by atoms with van der Waals surface area (Å²) in [6.07, 6.45) is 0.240. The van der Waals surface area contributed by atoms with Crippen molar-refractivity contribution in [2.75, 3.05) is 18.5 Å². The molecule has 1 spiro atoms. The first kappa shape index (κ1) is 23.5. The van der Waals surface area contributed by atoms with E-state index in [9.17, 15) is 19.5 Å². The highest BCUT2D eigenvalue weighted by Crippen LogP contribution is 2.60. The van der Waals surface area contributed by atoms with Crippen molar-refractivity contribution in [2.24, 2.45) is 11.8 Å². The first-order valence-corrected chi connectivity index (χ1v) is 12.1. The van der Waals surface area contributed by atoms with Crippen molar-refractivity contribution in [3.8, 4) is 0 Å². The Morgan fingerprint density at radius 1 is 1.41 bits per heavy atom. The topological polar surface area (TPSA) is 105 Å². The number of hydrogen-bond acceptors (Lipinski definition) is 6. The van der Waals surface area contributed by atoms with Crippen LogP contribution in [0.25, 0.3) is 0 Å². The molecule has 1 aromatic carbocycles. The lowest BCUT2D eigenvalue weighted by atomic mass is 9.70. The van der Waals surface area contributed by atoms with Crippen molar-refractivity contribution in [2.45, 2.75) is 55.3 Å². The van der Waals surface area contributed by atoms with Crippen molar-refractivity contribution < 1.29 is 29.0 Å². The molecule has 1 aromatic rings. The van der Waals surface area contributed by atoms with E-state index < -0.39 is 47.5 Å². The first-order valence-electron chi connectivity index (χ1n) is 10.8. The molecule has 0 aliphatic carbocycles. The monoisotopic (exact) mass is 528 g/mol. The fourth-order valence-corrected chi connectivity index (χ4v) is 6.57. The average Bonchev–Trinajstić information content (AvgIpc) is 3.35. The summed E-state index contributed by atoms with van der Waals surface area (Å²) in [5.74, 6) is -3.03. The number of esters is 1. The Balaban J connectivity index is 1.77. The normalized spacial score (nSPS) is 33.8. The number of carbonyl (C=O) groups is 3. The number of hydrogen-bond donors (Lipinski definition) is 2. The van der Waals surface area contributed by atoms with Gasteiger partial charge in [-0.1, -0.05) is 46.6 Å². The lowest BCUT2D eigenvalue weighted by Gasteiger charge is -2.36. The summed E-state index contributed by atoms with van der Waals surface area (Å²) in [6.45, 7) is 3.40. The molecule has 0 saturated carbocycles. The van der Waals surface area contributed by atoms with Crippen LogP contribution in [0.5, 0.6) is 0 Å². The van der Waals surface area contributed by atoms with E-state index in [1.165, 1.54) is 4.90 Å². The highest BCUT2D eigenvalue weighted by Gasteiger charge is 2.77. The largest absolute Gasteiger partial charge is 0.466 e. The van der Waals surface area contributed by atoms with E-state index in [0.29, 0.717) is 23.6 Å². The van der Waals surface area contributed by atoms with Crippen molar-refractivity contribution in [1.29, 1.82) is 0 Å². The molecule has 3 aliphatic heterocycles. The van der Waals surface area contributed by atoms with Crippen LogP contribution in [-0.2, 0) is 23.9 Å². The number of para-hydroxylation sites is 1. The van der Waals surface area contributed by atoms with E-state index in [0.717, 1.165) is 0 Å². The van der Waals surface area contributed by atoms with E-state index in [2.05, 4.69) is 21.2 Å². The second-order valence-electron chi connectivity index (χ2n) is 8.37. The highest BCUT2D eigenvalue weighted by atomic mass is 79.9. The smallest absolute Gasteiger partial charge is 0.312 e. The van der Waals surface area contributed by atoms with Crippen molar-refractivity contribution in [1.82, 2.24) is 4.90 Å². The zero-order valence-electron chi connectivity index (χ0n) is 17.8. The van der Waals surface area contributed by atoms with Gasteiger partial charge in [0.1, 0.15) is 11.6 Å². The van der Waals surface area contributed by atoms with E-state index >= 15 is 0 Å². The third-order valence-corrected chi connectivity index (χ3v) is 7.92. The van der Waals surface area contributed by atoms with Gasteiger partial charge in [-0.25, -0.2) is 0 Å². The van der Waals surface area contributed by atoms with E-state index in [1.807, 2.05) is 6.92 Å². The minimum atomic E-state index is -1.21. The number of fused-ring (bicyclic) bond motifs is 1. The molecule has 7 atom stereocenters. The van der Waals surface area contributed by atoms with Crippen molar-refractivity contribution in [3.05, 3.63) is 29.3 Å². The van der Waals surface area contributed by atoms with Crippen LogP contribution >= 0.6 is 27.5 Å². The quantitative estimate of drug-likeness (QED) is 0.415. The molecule has 0 aromatic heterocycles. The number of halogens is 2. The lowest BCUT2D eigenvalue weighted by molar-refractivity contribution is -0.155. The number of anilines is 1. The SMILES string of the molecule is CCOC(=O)[C@H]1[C@@H]2OC3(CC2Br)C(C(=O)Nc2ccccc2Cl)N([C@@H](CC)CO)C(=O)[C@H]13. The predicted octanol–water partition coefficient (Wildman–Crippen LogP) is 2.36. The molecule has 32 heavy (non-hydrogen) atoms. The fraction of sp³-hybridized carbons (Fsp3) is 0.591. The number of rotatable bonds is 7. The van der Waals surface area contributed by atoms with Gasteiger partial charge in [0.05, 0.1) is 47.9 Å². The minimum absolute atomic E-state index is 0.178. The standard InChI is InChI=1S/C22H26BrClN2O6/c1-3-11(10-27)26-18(19(28)25-14-8-6-5-7-13(14)24)22-9-12(23)17(32-22)15(16(22)20(26)29)21(30)31-4-2/h5-8,11-12,15-18,27H,3-4,9-10H2,1-2H3,(H,25,28)/t11-,12?,15+,16-,17+,18?,22?/m0/s1. The van der Waals surface area contributed by atoms with Gasteiger partial charge in [-0.2, -0.15) is 0 Å². The third-order valence-electron chi connectivity index (χ3n) is 6.74. The van der Waals surface area contributed by atoms with Crippen LogP contribution in [-0.4, -0.2) is 69.6 Å². The number of likely N-dealkylation sites (tertiary alicyclic amines) is 1. The third kappa shape index (κ3) is 3.45. The van der Waals surface area contributed by atoms with E-state index in [1.54, 1.807) is 31.2 Å². The van der Waals surface area contributed by atoms with Gasteiger partial charge in [0.15, 0.2) is 0 Å². The zero-order chi connectivity index (χ0) is 23.2. The number of aliphatic hydroxyl groups excluding tert-OH is 1. The average molecular weight is 530 g/mol. The summed E-state index contributed by atoms with van der Waals surface area (Å²) in [5.41, 5.74) is -0.797. The molecule has 2 bridgehead atoms. The van der Waals surface area contributed by atoms with Crippen LogP contribution in [0.4, 0.5) is 5.69 Å². The number of carbonyl (C=O) groups excluding carboxylic acids is 3. The summed E-state index contributed by atoms with van der Waals surface area (Å²) in [7, 11) is 0. The van der Waals surface area contributed by atoms with Gasteiger partial charge >= 0.3 is 5.97 Å². The molecule has 2 N–H and O–H groups in total. The van der Waals surface area contributed by atoms with Crippen LogP contribution in [0.1, 0.15) is 26.7 Å². The van der Waals surface area contributed by atoms with Crippen LogP contribution in [0.3, 0.4) is 0 Å². The Labute approximate surface area is 199 Å². The highest BCUT2D eigenvalue weighted by molar-refractivity contribution is 9.09. The molecule has 3 unspecified atom stereocenters. The molecule has 3 aliphatic rings. The van der Waals surface area contributed by atoms with Gasteiger partial charge in [-0.3, -0.25) is 14.4 Å². The molecular weight excluding hydrogens is 504 g/mol. The molecular formula is C22H26BrClN2O6. The van der Waals surface area contributed by atoms with Gasteiger partial charge < -0.3 is 24.8 Å². The molecule has 3 fully saturated rings. The number of ether oxygens (including phenoxy) is 2. The maximum atomic E-state index is 13.7. The molecule has 10 heteroatoms. The van der Waals surface area contributed by atoms with Crippen molar-refractivity contribution >= 4 is 51.0 Å². The van der Waals surface area contributed by atoms with E-state index in [-0.39, 0.29) is 23.9 Å². The Bertz CT molecular complexity index is 927. The second-order valence-corrected chi connectivity index (χ2v) is 9.96. The predicted molar refractivity (Wildman–Crippen MR) is 120 cm³/mol. The Kier molecular flexibility index (Phi) is 6.55. The molecule has 8 nitrogen and oxygen atoms in total. The fourth-order valence-electron chi connectivity index (χ4n) is 5.45. The lowest BCUT2D eigenvalue weighted by Crippen LogP contribution is -2.56. The molecule has 174 valence electrons. The number of benzene rings is 1. The molecule has 3 heterocycles. The van der Waals surface area contributed by atoms with Crippen LogP contribution in [0.15, 0.2) is 24.3 Å². The number of nitrogens with one attached hydrogen (secondary N) is 1. The number of aliphatic hydroxyl groups is 1. The summed E-state index contributed by atoms with van der Waals surface area (Å²) >= 11 is 9.82.